The number of thiocarbonyl (C=S) groups is 1. The van der Waals surface area contributed by atoms with Crippen molar-refractivity contribution in [3.8, 4) is 0 Å². The van der Waals surface area contributed by atoms with Crippen LogP contribution in [0.3, 0.4) is 0 Å². The molecule has 2 aromatic rings. The molecule has 0 bridgehead atoms. The Morgan fingerprint density at radius 3 is 2.52 bits per heavy atom. The van der Waals surface area contributed by atoms with Gasteiger partial charge in [0.25, 0.3) is 0 Å². The van der Waals surface area contributed by atoms with E-state index in [2.05, 4.69) is 53.6 Å². The fraction of sp³-hybridized carbons (Fsp3) is 0.381. The average molecular weight is 354 g/mol. The summed E-state index contributed by atoms with van der Waals surface area (Å²) in [5.74, 6) is 0.787. The summed E-state index contributed by atoms with van der Waals surface area (Å²) < 4.78 is 0. The molecular formula is C21H27N3S. The van der Waals surface area contributed by atoms with Crippen molar-refractivity contribution < 1.29 is 0 Å². The number of hydrogen-bond acceptors (Lipinski definition) is 2. The maximum atomic E-state index is 5.42. The summed E-state index contributed by atoms with van der Waals surface area (Å²) in [6, 6.07) is 19.0. The van der Waals surface area contributed by atoms with Gasteiger partial charge in [-0.15, -0.1) is 0 Å². The van der Waals surface area contributed by atoms with Gasteiger partial charge in [-0.2, -0.15) is 0 Å². The highest BCUT2D eigenvalue weighted by Crippen LogP contribution is 2.24. The lowest BCUT2D eigenvalue weighted by atomic mass is 9.99. The molecule has 2 unspecified atom stereocenters. The Morgan fingerprint density at radius 1 is 1.12 bits per heavy atom. The van der Waals surface area contributed by atoms with Gasteiger partial charge in [-0.1, -0.05) is 37.3 Å². The molecule has 1 aliphatic rings. The first-order chi connectivity index (χ1) is 12.1. The van der Waals surface area contributed by atoms with Crippen LogP contribution in [0.1, 0.15) is 38.3 Å². The van der Waals surface area contributed by atoms with Gasteiger partial charge in [0.1, 0.15) is 0 Å². The number of para-hydroxylation sites is 1. The minimum absolute atomic E-state index is 0.165. The third-order valence-corrected chi connectivity index (χ3v) is 5.01. The Labute approximate surface area is 156 Å². The number of rotatable bonds is 4. The molecule has 0 amide bonds. The first kappa shape index (κ1) is 17.7. The lowest BCUT2D eigenvalue weighted by Gasteiger charge is -2.33. The van der Waals surface area contributed by atoms with Crippen molar-refractivity contribution in [1.82, 2.24) is 5.32 Å². The van der Waals surface area contributed by atoms with Gasteiger partial charge in [0.2, 0.25) is 0 Å². The molecular weight excluding hydrogens is 326 g/mol. The van der Waals surface area contributed by atoms with Gasteiger partial charge in [0.15, 0.2) is 5.11 Å². The maximum absolute atomic E-state index is 5.42. The molecule has 0 aromatic heterocycles. The van der Waals surface area contributed by atoms with Gasteiger partial charge in [0.05, 0.1) is 6.04 Å². The topological polar surface area (TPSA) is 27.3 Å². The lowest BCUT2D eigenvalue weighted by Crippen LogP contribution is -2.34. The van der Waals surface area contributed by atoms with Crippen LogP contribution in [0.5, 0.6) is 0 Å². The third-order valence-electron chi connectivity index (χ3n) is 4.79. The van der Waals surface area contributed by atoms with Crippen LogP contribution in [0.4, 0.5) is 11.4 Å². The minimum atomic E-state index is 0.165. The van der Waals surface area contributed by atoms with Crippen LogP contribution in [0, 0.1) is 5.92 Å². The van der Waals surface area contributed by atoms with Crippen molar-refractivity contribution in [3.63, 3.8) is 0 Å². The summed E-state index contributed by atoms with van der Waals surface area (Å²) in [7, 11) is 0. The highest BCUT2D eigenvalue weighted by atomic mass is 32.1. The standard InChI is InChI=1S/C21H27N3S/c1-16-7-6-14-24(15-16)20-12-10-18(11-13-20)17(2)22-21(25)23-19-8-4-3-5-9-19/h3-5,8-13,16-17H,6-7,14-15H2,1-2H3,(H2,22,23,25). The SMILES string of the molecule is CC1CCCN(c2ccc(C(C)NC(=S)Nc3ccccc3)cc2)C1. The monoisotopic (exact) mass is 353 g/mol. The molecule has 0 aliphatic carbocycles. The van der Waals surface area contributed by atoms with Crippen LogP contribution in [0.25, 0.3) is 0 Å². The number of nitrogens with zero attached hydrogens (tertiary/aromatic N) is 1. The molecule has 1 aliphatic heterocycles. The number of anilines is 2. The minimum Gasteiger partial charge on any atom is -0.371 e. The first-order valence-corrected chi connectivity index (χ1v) is 9.50. The van der Waals surface area contributed by atoms with E-state index >= 15 is 0 Å². The van der Waals surface area contributed by atoms with Crippen molar-refractivity contribution >= 4 is 28.7 Å². The van der Waals surface area contributed by atoms with Gasteiger partial charge >= 0.3 is 0 Å². The predicted molar refractivity (Wildman–Crippen MR) is 111 cm³/mol. The molecule has 1 fully saturated rings. The first-order valence-electron chi connectivity index (χ1n) is 9.09. The number of piperidine rings is 1. The fourth-order valence-corrected chi connectivity index (χ4v) is 3.66. The Morgan fingerprint density at radius 2 is 1.84 bits per heavy atom. The van der Waals surface area contributed by atoms with E-state index in [-0.39, 0.29) is 6.04 Å². The molecule has 132 valence electrons. The third kappa shape index (κ3) is 4.95. The molecule has 1 heterocycles. The van der Waals surface area contributed by atoms with Gasteiger partial charge < -0.3 is 15.5 Å². The van der Waals surface area contributed by atoms with Crippen molar-refractivity contribution in [2.45, 2.75) is 32.7 Å². The van der Waals surface area contributed by atoms with E-state index in [0.29, 0.717) is 5.11 Å². The molecule has 0 saturated carbocycles. The van der Waals surface area contributed by atoms with Crippen molar-refractivity contribution in [2.75, 3.05) is 23.3 Å². The van der Waals surface area contributed by atoms with Gasteiger partial charge in [-0.3, -0.25) is 0 Å². The number of benzene rings is 2. The van der Waals surface area contributed by atoms with Crippen LogP contribution >= 0.6 is 12.2 Å². The van der Waals surface area contributed by atoms with Gasteiger partial charge in [-0.05, 0) is 67.7 Å². The number of hydrogen-bond donors (Lipinski definition) is 2. The summed E-state index contributed by atoms with van der Waals surface area (Å²) in [6.45, 7) is 6.81. The van der Waals surface area contributed by atoms with Gasteiger partial charge in [-0.25, -0.2) is 0 Å². The van der Waals surface area contributed by atoms with Crippen LogP contribution < -0.4 is 15.5 Å². The van der Waals surface area contributed by atoms with Crippen LogP contribution in [0.15, 0.2) is 54.6 Å². The summed E-state index contributed by atoms with van der Waals surface area (Å²) in [5, 5.41) is 7.23. The molecule has 3 nitrogen and oxygen atoms in total. The molecule has 25 heavy (non-hydrogen) atoms. The smallest absolute Gasteiger partial charge is 0.171 e. The summed E-state index contributed by atoms with van der Waals surface area (Å²) in [6.07, 6.45) is 2.64. The highest BCUT2D eigenvalue weighted by Gasteiger charge is 2.16. The van der Waals surface area contributed by atoms with E-state index in [0.717, 1.165) is 18.2 Å². The van der Waals surface area contributed by atoms with Crippen molar-refractivity contribution in [2.24, 2.45) is 5.92 Å². The summed E-state index contributed by atoms with van der Waals surface area (Å²) >= 11 is 5.42. The van der Waals surface area contributed by atoms with E-state index in [1.54, 1.807) is 0 Å². The second-order valence-corrected chi connectivity index (χ2v) is 7.38. The molecule has 2 aromatic carbocycles. The molecule has 0 spiro atoms. The zero-order chi connectivity index (χ0) is 17.6. The van der Waals surface area contributed by atoms with E-state index in [1.165, 1.54) is 30.6 Å². The van der Waals surface area contributed by atoms with Gasteiger partial charge in [0, 0.05) is 24.5 Å². The molecule has 4 heteroatoms. The predicted octanol–water partition coefficient (Wildman–Crippen LogP) is 4.97. The number of nitrogens with one attached hydrogen (secondary N) is 2. The Bertz CT molecular complexity index is 684. The molecule has 2 atom stereocenters. The summed E-state index contributed by atoms with van der Waals surface area (Å²) in [5.41, 5.74) is 3.57. The Hall–Kier alpha value is -2.07. The van der Waals surface area contributed by atoms with Crippen LogP contribution in [-0.4, -0.2) is 18.2 Å². The van der Waals surface area contributed by atoms with E-state index in [9.17, 15) is 0 Å². The molecule has 2 N–H and O–H groups in total. The highest BCUT2D eigenvalue weighted by molar-refractivity contribution is 7.80. The fourth-order valence-electron chi connectivity index (χ4n) is 3.37. The molecule has 0 radical (unpaired) electrons. The maximum Gasteiger partial charge on any atom is 0.171 e. The van der Waals surface area contributed by atoms with E-state index in [4.69, 9.17) is 12.2 Å². The van der Waals surface area contributed by atoms with Crippen LogP contribution in [0.2, 0.25) is 0 Å². The average Bonchev–Trinajstić information content (AvgIpc) is 2.62. The molecule has 3 rings (SSSR count). The lowest BCUT2D eigenvalue weighted by molar-refractivity contribution is 0.447. The van der Waals surface area contributed by atoms with Crippen LogP contribution in [-0.2, 0) is 0 Å². The largest absolute Gasteiger partial charge is 0.371 e. The Kier molecular flexibility index (Phi) is 5.92. The molecule has 1 saturated heterocycles. The summed E-state index contributed by atoms with van der Waals surface area (Å²) in [4.78, 5) is 2.50. The normalized spacial score (nSPS) is 18.5. The Balaban J connectivity index is 1.57. The second-order valence-electron chi connectivity index (χ2n) is 6.97. The van der Waals surface area contributed by atoms with Crippen molar-refractivity contribution in [3.05, 3.63) is 60.2 Å². The quantitative estimate of drug-likeness (QED) is 0.759. The zero-order valence-corrected chi connectivity index (χ0v) is 15.9. The van der Waals surface area contributed by atoms with E-state index in [1.807, 2.05) is 30.3 Å². The van der Waals surface area contributed by atoms with E-state index < -0.39 is 0 Å². The second kappa shape index (κ2) is 8.34. The van der Waals surface area contributed by atoms with Crippen molar-refractivity contribution in [1.29, 1.82) is 0 Å². The zero-order valence-electron chi connectivity index (χ0n) is 15.0.